The third-order valence-electron chi connectivity index (χ3n) is 3.63. The number of aromatic nitrogens is 2. The number of nitrogens with one attached hydrogen (secondary N) is 1. The number of benzene rings is 1. The van der Waals surface area contributed by atoms with Gasteiger partial charge in [-0.25, -0.2) is 0 Å². The summed E-state index contributed by atoms with van der Waals surface area (Å²) < 4.78 is 5.80. The molecule has 0 unspecified atom stereocenters. The van der Waals surface area contributed by atoms with Crippen LogP contribution in [0.5, 0.6) is 0 Å². The van der Waals surface area contributed by atoms with Gasteiger partial charge in [-0.3, -0.25) is 4.90 Å². The molecule has 0 amide bonds. The van der Waals surface area contributed by atoms with Crippen LogP contribution in [0.3, 0.4) is 0 Å². The van der Waals surface area contributed by atoms with E-state index in [1.54, 1.807) is 0 Å². The molecule has 0 fully saturated rings. The highest BCUT2D eigenvalue weighted by molar-refractivity contribution is 5.62. The first-order chi connectivity index (χ1) is 10.2. The lowest BCUT2D eigenvalue weighted by molar-refractivity contribution is 0.451. The van der Waals surface area contributed by atoms with Crippen LogP contribution in [-0.4, -0.2) is 23.3 Å². The van der Waals surface area contributed by atoms with Gasteiger partial charge in [0, 0.05) is 12.2 Å². The summed E-state index contributed by atoms with van der Waals surface area (Å²) in [4.78, 5) is 2.12. The lowest BCUT2D eigenvalue weighted by Gasteiger charge is -2.27. The number of fused-ring (bicyclic) bond motifs is 1. The molecule has 21 heavy (non-hydrogen) atoms. The SMILES string of the molecule is CC(C)CNCc1nnc(N2CCCc3ccccc32)o1. The van der Waals surface area contributed by atoms with E-state index < -0.39 is 0 Å². The van der Waals surface area contributed by atoms with Crippen LogP contribution in [0.1, 0.15) is 31.7 Å². The second kappa shape index (κ2) is 6.26. The van der Waals surface area contributed by atoms with Gasteiger partial charge < -0.3 is 9.73 Å². The molecule has 5 nitrogen and oxygen atoms in total. The van der Waals surface area contributed by atoms with Crippen LogP contribution in [-0.2, 0) is 13.0 Å². The van der Waals surface area contributed by atoms with Gasteiger partial charge in [0.15, 0.2) is 0 Å². The molecule has 3 rings (SSSR count). The summed E-state index contributed by atoms with van der Waals surface area (Å²) in [5.74, 6) is 1.26. The zero-order chi connectivity index (χ0) is 14.7. The molecule has 1 N–H and O–H groups in total. The predicted molar refractivity (Wildman–Crippen MR) is 82.6 cm³/mol. The van der Waals surface area contributed by atoms with E-state index in [0.29, 0.717) is 24.4 Å². The molecule has 0 saturated heterocycles. The molecule has 0 radical (unpaired) electrons. The first kappa shape index (κ1) is 14.1. The van der Waals surface area contributed by atoms with Crippen molar-refractivity contribution < 1.29 is 4.42 Å². The van der Waals surface area contributed by atoms with Crippen molar-refractivity contribution in [3.63, 3.8) is 0 Å². The molecule has 0 bridgehead atoms. The van der Waals surface area contributed by atoms with E-state index >= 15 is 0 Å². The van der Waals surface area contributed by atoms with Gasteiger partial charge in [-0.1, -0.05) is 37.1 Å². The summed E-state index contributed by atoms with van der Waals surface area (Å²) in [6, 6.07) is 9.03. The maximum Gasteiger partial charge on any atom is 0.322 e. The van der Waals surface area contributed by atoms with E-state index in [4.69, 9.17) is 4.42 Å². The van der Waals surface area contributed by atoms with Crippen LogP contribution in [0.25, 0.3) is 0 Å². The van der Waals surface area contributed by atoms with E-state index in [9.17, 15) is 0 Å². The number of aryl methyl sites for hydroxylation is 1. The molecule has 5 heteroatoms. The summed E-state index contributed by atoms with van der Waals surface area (Å²) in [5, 5.41) is 11.7. The highest BCUT2D eigenvalue weighted by Gasteiger charge is 2.22. The molecule has 0 spiro atoms. The fourth-order valence-corrected chi connectivity index (χ4v) is 2.63. The fraction of sp³-hybridized carbons (Fsp3) is 0.500. The third kappa shape index (κ3) is 3.24. The lowest BCUT2D eigenvalue weighted by Crippen LogP contribution is -2.24. The van der Waals surface area contributed by atoms with Gasteiger partial charge in [-0.15, -0.1) is 5.10 Å². The molecule has 1 aliphatic rings. The van der Waals surface area contributed by atoms with Crippen LogP contribution in [0.15, 0.2) is 28.7 Å². The largest absolute Gasteiger partial charge is 0.406 e. The second-order valence-corrected chi connectivity index (χ2v) is 5.89. The van der Waals surface area contributed by atoms with Crippen LogP contribution >= 0.6 is 0 Å². The van der Waals surface area contributed by atoms with Gasteiger partial charge in [0.25, 0.3) is 0 Å². The Labute approximate surface area is 125 Å². The van der Waals surface area contributed by atoms with Gasteiger partial charge >= 0.3 is 6.01 Å². The van der Waals surface area contributed by atoms with Crippen LogP contribution in [0.4, 0.5) is 11.7 Å². The molecule has 2 heterocycles. The molecule has 0 saturated carbocycles. The Morgan fingerprint density at radius 3 is 3.00 bits per heavy atom. The Balaban J connectivity index is 1.72. The van der Waals surface area contributed by atoms with Gasteiger partial charge in [0.2, 0.25) is 5.89 Å². The topological polar surface area (TPSA) is 54.2 Å². The Bertz CT molecular complexity index is 593. The minimum atomic E-state index is 0.600. The quantitative estimate of drug-likeness (QED) is 0.916. The molecule has 0 atom stereocenters. The van der Waals surface area contributed by atoms with Gasteiger partial charge in [-0.2, -0.15) is 0 Å². The molecule has 0 aliphatic carbocycles. The average Bonchev–Trinajstić information content (AvgIpc) is 2.95. The Morgan fingerprint density at radius 2 is 2.14 bits per heavy atom. The molecule has 1 aliphatic heterocycles. The Kier molecular flexibility index (Phi) is 4.20. The van der Waals surface area contributed by atoms with Crippen LogP contribution in [0.2, 0.25) is 0 Å². The third-order valence-corrected chi connectivity index (χ3v) is 3.63. The number of para-hydroxylation sites is 1. The van der Waals surface area contributed by atoms with Gasteiger partial charge in [0.05, 0.1) is 6.54 Å². The summed E-state index contributed by atoms with van der Waals surface area (Å²) in [7, 11) is 0. The molecular weight excluding hydrogens is 264 g/mol. The first-order valence-electron chi connectivity index (χ1n) is 7.62. The zero-order valence-electron chi connectivity index (χ0n) is 12.7. The van der Waals surface area contributed by atoms with Crippen molar-refractivity contribution >= 4 is 11.7 Å². The van der Waals surface area contributed by atoms with Crippen molar-refractivity contribution in [3.8, 4) is 0 Å². The summed E-state index contributed by atoms with van der Waals surface area (Å²) in [6.07, 6.45) is 2.23. The zero-order valence-corrected chi connectivity index (χ0v) is 12.7. The number of anilines is 2. The van der Waals surface area contributed by atoms with E-state index in [2.05, 4.69) is 58.5 Å². The van der Waals surface area contributed by atoms with Crippen molar-refractivity contribution in [1.29, 1.82) is 0 Å². The lowest BCUT2D eigenvalue weighted by atomic mass is 10.0. The summed E-state index contributed by atoms with van der Waals surface area (Å²) in [6.45, 7) is 6.86. The Hall–Kier alpha value is -1.88. The first-order valence-corrected chi connectivity index (χ1v) is 7.62. The van der Waals surface area contributed by atoms with Crippen molar-refractivity contribution in [2.24, 2.45) is 5.92 Å². The van der Waals surface area contributed by atoms with Crippen molar-refractivity contribution in [3.05, 3.63) is 35.7 Å². The number of rotatable bonds is 5. The molecule has 1 aromatic carbocycles. The maximum atomic E-state index is 5.80. The van der Waals surface area contributed by atoms with Crippen molar-refractivity contribution in [1.82, 2.24) is 15.5 Å². The molecular formula is C16H22N4O. The Morgan fingerprint density at radius 1 is 1.29 bits per heavy atom. The van der Waals surface area contributed by atoms with E-state index in [1.807, 2.05) is 0 Å². The van der Waals surface area contributed by atoms with Crippen molar-refractivity contribution in [2.45, 2.75) is 33.2 Å². The highest BCUT2D eigenvalue weighted by Crippen LogP contribution is 2.32. The van der Waals surface area contributed by atoms with Crippen LogP contribution < -0.4 is 10.2 Å². The molecule has 112 valence electrons. The predicted octanol–water partition coefficient (Wildman–Crippen LogP) is 2.90. The van der Waals surface area contributed by atoms with Crippen LogP contribution in [0, 0.1) is 5.92 Å². The highest BCUT2D eigenvalue weighted by atomic mass is 16.4. The second-order valence-electron chi connectivity index (χ2n) is 5.89. The average molecular weight is 286 g/mol. The summed E-state index contributed by atoms with van der Waals surface area (Å²) in [5.41, 5.74) is 2.54. The van der Waals surface area contributed by atoms with E-state index in [1.165, 1.54) is 11.3 Å². The monoisotopic (exact) mass is 286 g/mol. The molecule has 2 aromatic rings. The standard InChI is InChI=1S/C16H22N4O/c1-12(2)10-17-11-15-18-19-16(21-15)20-9-5-7-13-6-3-4-8-14(13)20/h3-4,6,8,12,17H,5,7,9-11H2,1-2H3. The minimum absolute atomic E-state index is 0.600. The number of hydrogen-bond acceptors (Lipinski definition) is 5. The van der Waals surface area contributed by atoms with Crippen molar-refractivity contribution in [2.75, 3.05) is 18.0 Å². The normalized spacial score (nSPS) is 14.5. The van der Waals surface area contributed by atoms with E-state index in [0.717, 1.165) is 25.9 Å². The summed E-state index contributed by atoms with van der Waals surface area (Å²) >= 11 is 0. The molecule has 1 aromatic heterocycles. The van der Waals surface area contributed by atoms with Gasteiger partial charge in [-0.05, 0) is 36.9 Å². The number of hydrogen-bond donors (Lipinski definition) is 1. The fourth-order valence-electron chi connectivity index (χ4n) is 2.63. The van der Waals surface area contributed by atoms with E-state index in [-0.39, 0.29) is 0 Å². The maximum absolute atomic E-state index is 5.80. The number of nitrogens with zero attached hydrogens (tertiary/aromatic N) is 3. The van der Waals surface area contributed by atoms with Gasteiger partial charge in [0.1, 0.15) is 0 Å². The minimum Gasteiger partial charge on any atom is -0.406 e. The smallest absolute Gasteiger partial charge is 0.322 e.